The predicted octanol–water partition coefficient (Wildman–Crippen LogP) is 3.26. The van der Waals surface area contributed by atoms with Crippen LogP contribution in [0.15, 0.2) is 30.6 Å². The largest absolute Gasteiger partial charge is 0.497 e. The second kappa shape index (κ2) is 9.34. The fourth-order valence-electron chi connectivity index (χ4n) is 4.41. The zero-order valence-electron chi connectivity index (χ0n) is 19.3. The number of fused-ring (bicyclic) bond motifs is 1. The molecule has 1 aromatic carbocycles. The maximum Gasteiger partial charge on any atom is 0.319 e. The van der Waals surface area contributed by atoms with E-state index < -0.39 is 5.60 Å². The molecule has 172 valence electrons. The predicted molar refractivity (Wildman–Crippen MR) is 122 cm³/mol. The van der Waals surface area contributed by atoms with Crippen molar-refractivity contribution in [2.75, 3.05) is 33.4 Å². The van der Waals surface area contributed by atoms with Gasteiger partial charge in [-0.05, 0) is 44.4 Å². The Kier molecular flexibility index (Phi) is 6.53. The highest BCUT2D eigenvalue weighted by molar-refractivity contribution is 5.85. The Morgan fingerprint density at radius 3 is 2.56 bits per heavy atom. The topological polar surface area (TPSA) is 81.9 Å². The minimum absolute atomic E-state index is 0.272. The Morgan fingerprint density at radius 1 is 1.12 bits per heavy atom. The molecule has 2 aromatic heterocycles. The quantitative estimate of drug-likeness (QED) is 0.576. The smallest absolute Gasteiger partial charge is 0.319 e. The number of ether oxygens (including phenoxy) is 3. The van der Waals surface area contributed by atoms with Gasteiger partial charge in [-0.1, -0.05) is 0 Å². The molecular weight excluding hydrogens is 408 g/mol. The fourth-order valence-corrected chi connectivity index (χ4v) is 4.41. The average Bonchev–Trinajstić information content (AvgIpc) is 3.10. The van der Waals surface area contributed by atoms with E-state index in [2.05, 4.69) is 44.8 Å². The summed E-state index contributed by atoms with van der Waals surface area (Å²) in [5.74, 6) is 1.26. The Morgan fingerprint density at radius 2 is 1.88 bits per heavy atom. The molecule has 0 atom stereocenters. The van der Waals surface area contributed by atoms with Crippen LogP contribution in [-0.2, 0) is 19.2 Å². The Bertz CT molecular complexity index is 1070. The monoisotopic (exact) mass is 440 g/mol. The fraction of sp³-hybridized carbons (Fsp3) is 0.500. The molecule has 1 aliphatic heterocycles. The first-order chi connectivity index (χ1) is 15.5. The lowest BCUT2D eigenvalue weighted by Crippen LogP contribution is -2.42. The lowest BCUT2D eigenvalue weighted by Gasteiger charge is -2.38. The van der Waals surface area contributed by atoms with Crippen LogP contribution < -0.4 is 14.2 Å². The molecule has 0 spiro atoms. The molecule has 1 aliphatic rings. The van der Waals surface area contributed by atoms with Crippen LogP contribution >= 0.6 is 0 Å². The van der Waals surface area contributed by atoms with E-state index in [0.29, 0.717) is 37.5 Å². The van der Waals surface area contributed by atoms with Crippen LogP contribution in [0.2, 0.25) is 0 Å². The molecule has 0 aliphatic carbocycles. The van der Waals surface area contributed by atoms with Gasteiger partial charge in [-0.15, -0.1) is 0 Å². The van der Waals surface area contributed by atoms with E-state index in [0.717, 1.165) is 30.9 Å². The maximum atomic E-state index is 11.4. The first-order valence-electron chi connectivity index (χ1n) is 11.2. The lowest BCUT2D eigenvalue weighted by molar-refractivity contribution is -0.0302. The minimum atomic E-state index is -1.02. The van der Waals surface area contributed by atoms with Gasteiger partial charge in [0.25, 0.3) is 0 Å². The van der Waals surface area contributed by atoms with Crippen molar-refractivity contribution in [2.24, 2.45) is 7.05 Å². The number of hydrogen-bond acceptors (Lipinski definition) is 7. The first kappa shape index (κ1) is 22.4. The third kappa shape index (κ3) is 4.38. The van der Waals surface area contributed by atoms with Gasteiger partial charge in [-0.25, -0.2) is 4.98 Å². The van der Waals surface area contributed by atoms with Gasteiger partial charge in [0, 0.05) is 50.5 Å². The summed E-state index contributed by atoms with van der Waals surface area (Å²) in [5.41, 5.74) is 2.05. The number of piperidine rings is 1. The number of hydrogen-bond donors (Lipinski definition) is 1. The Labute approximate surface area is 188 Å². The van der Waals surface area contributed by atoms with E-state index in [4.69, 9.17) is 14.2 Å². The number of methoxy groups -OCH3 is 1. The van der Waals surface area contributed by atoms with E-state index in [1.807, 2.05) is 19.9 Å². The molecule has 1 N–H and O–H groups in total. The molecule has 1 fully saturated rings. The van der Waals surface area contributed by atoms with Gasteiger partial charge < -0.3 is 23.9 Å². The van der Waals surface area contributed by atoms with E-state index in [-0.39, 0.29) is 6.01 Å². The first-order valence-corrected chi connectivity index (χ1v) is 11.2. The van der Waals surface area contributed by atoms with Crippen molar-refractivity contribution in [3.8, 4) is 17.6 Å². The number of likely N-dealkylation sites (tertiary alicyclic amines) is 1. The van der Waals surface area contributed by atoms with E-state index in [1.165, 1.54) is 10.9 Å². The average molecular weight is 441 g/mol. The van der Waals surface area contributed by atoms with E-state index >= 15 is 0 Å². The van der Waals surface area contributed by atoms with Crippen molar-refractivity contribution in [3.05, 3.63) is 41.7 Å². The van der Waals surface area contributed by atoms with Crippen LogP contribution in [-0.4, -0.2) is 58.0 Å². The molecule has 3 aromatic rings. The van der Waals surface area contributed by atoms with Crippen LogP contribution in [0.5, 0.6) is 17.6 Å². The SMILES string of the molecule is CCOc1ncc(C2(O)CCN(Cc3cn(C)c4cc(OC)ccc34)CC2)c(OCC)n1. The van der Waals surface area contributed by atoms with Gasteiger partial charge in [0.05, 0.1) is 37.0 Å². The van der Waals surface area contributed by atoms with Crippen molar-refractivity contribution >= 4 is 10.9 Å². The summed E-state index contributed by atoms with van der Waals surface area (Å²) in [7, 11) is 3.74. The normalized spacial score (nSPS) is 16.3. The number of rotatable bonds is 8. The Hall–Kier alpha value is -2.84. The second-order valence-electron chi connectivity index (χ2n) is 8.19. The number of aromatic nitrogens is 3. The third-order valence-corrected chi connectivity index (χ3v) is 6.15. The van der Waals surface area contributed by atoms with Gasteiger partial charge in [-0.2, -0.15) is 4.98 Å². The Balaban J connectivity index is 1.49. The number of aliphatic hydroxyl groups is 1. The molecule has 0 radical (unpaired) electrons. The number of aryl methyl sites for hydroxylation is 1. The summed E-state index contributed by atoms with van der Waals surface area (Å²) < 4.78 is 18.6. The molecular formula is C24H32N4O4. The highest BCUT2D eigenvalue weighted by Gasteiger charge is 2.37. The minimum Gasteiger partial charge on any atom is -0.497 e. The zero-order chi connectivity index (χ0) is 22.7. The molecule has 8 nitrogen and oxygen atoms in total. The molecule has 0 unspecified atom stereocenters. The summed E-state index contributed by atoms with van der Waals surface area (Å²) in [6.07, 6.45) is 5.00. The molecule has 3 heterocycles. The highest BCUT2D eigenvalue weighted by atomic mass is 16.5. The van der Waals surface area contributed by atoms with Crippen LogP contribution in [0.4, 0.5) is 0 Å². The maximum absolute atomic E-state index is 11.4. The summed E-state index contributed by atoms with van der Waals surface area (Å²) in [5, 5.41) is 12.7. The summed E-state index contributed by atoms with van der Waals surface area (Å²) in [6.45, 7) is 7.09. The highest BCUT2D eigenvalue weighted by Crippen LogP contribution is 2.38. The lowest BCUT2D eigenvalue weighted by atomic mass is 9.85. The summed E-state index contributed by atoms with van der Waals surface area (Å²) >= 11 is 0. The van der Waals surface area contributed by atoms with Crippen molar-refractivity contribution in [2.45, 2.75) is 38.8 Å². The van der Waals surface area contributed by atoms with Crippen molar-refractivity contribution in [1.82, 2.24) is 19.4 Å². The molecule has 32 heavy (non-hydrogen) atoms. The molecule has 0 amide bonds. The van der Waals surface area contributed by atoms with Crippen LogP contribution in [0.1, 0.15) is 37.8 Å². The standard InChI is InChI=1S/C24H32N4O4/c1-5-31-22-20(14-25-23(26-22)32-6-2)24(29)9-11-28(12-10-24)16-17-15-27(3)21-13-18(30-4)7-8-19(17)21/h7-8,13-15,29H,5-6,9-12,16H2,1-4H3. The van der Waals surface area contributed by atoms with Crippen LogP contribution in [0.3, 0.4) is 0 Å². The van der Waals surface area contributed by atoms with Gasteiger partial charge in [0.15, 0.2) is 0 Å². The molecule has 4 rings (SSSR count). The molecule has 0 saturated carbocycles. The molecule has 8 heteroatoms. The van der Waals surface area contributed by atoms with E-state index in [9.17, 15) is 5.11 Å². The number of benzene rings is 1. The molecule has 0 bridgehead atoms. The zero-order valence-corrected chi connectivity index (χ0v) is 19.3. The van der Waals surface area contributed by atoms with Gasteiger partial charge >= 0.3 is 6.01 Å². The molecule has 1 saturated heterocycles. The summed E-state index contributed by atoms with van der Waals surface area (Å²) in [6, 6.07) is 6.46. The second-order valence-corrected chi connectivity index (χ2v) is 8.19. The van der Waals surface area contributed by atoms with Crippen molar-refractivity contribution < 1.29 is 19.3 Å². The van der Waals surface area contributed by atoms with Crippen LogP contribution in [0, 0.1) is 0 Å². The van der Waals surface area contributed by atoms with Gasteiger partial charge in [0.2, 0.25) is 5.88 Å². The van der Waals surface area contributed by atoms with Gasteiger partial charge in [-0.3, -0.25) is 4.90 Å². The third-order valence-electron chi connectivity index (χ3n) is 6.15. The van der Waals surface area contributed by atoms with E-state index in [1.54, 1.807) is 13.3 Å². The van der Waals surface area contributed by atoms with Gasteiger partial charge in [0.1, 0.15) is 5.75 Å². The van der Waals surface area contributed by atoms with Crippen LogP contribution in [0.25, 0.3) is 10.9 Å². The number of nitrogens with zero attached hydrogens (tertiary/aromatic N) is 4. The summed E-state index contributed by atoms with van der Waals surface area (Å²) in [4.78, 5) is 11.0. The van der Waals surface area contributed by atoms with Crippen molar-refractivity contribution in [3.63, 3.8) is 0 Å². The van der Waals surface area contributed by atoms with Crippen molar-refractivity contribution in [1.29, 1.82) is 0 Å².